The summed E-state index contributed by atoms with van der Waals surface area (Å²) in [5, 5.41) is 7.26. The zero-order chi connectivity index (χ0) is 26.7. The van der Waals surface area contributed by atoms with Crippen molar-refractivity contribution in [2.45, 2.75) is 31.8 Å². The first-order chi connectivity index (χ1) is 17.7. The third-order valence-electron chi connectivity index (χ3n) is 6.69. The molecule has 0 saturated carbocycles. The highest BCUT2D eigenvalue weighted by atomic mass is 16.2. The smallest absolute Gasteiger partial charge is 0.325 e. The number of aryl methyl sites for hydroxylation is 1. The highest BCUT2D eigenvalue weighted by Gasteiger charge is 2.55. The van der Waals surface area contributed by atoms with Gasteiger partial charge in [-0.3, -0.25) is 24.1 Å². The largest absolute Gasteiger partial charge is 0.363 e. The second kappa shape index (κ2) is 10.8. The molecule has 0 radical (unpaired) electrons. The number of likely N-dealkylation sites (tertiary alicyclic amines) is 1. The number of nitrogens with zero attached hydrogens (tertiary/aromatic N) is 6. The Kier molecular flexibility index (Phi) is 7.56. The summed E-state index contributed by atoms with van der Waals surface area (Å²) in [5.74, 6) is -0.232. The third kappa shape index (κ3) is 5.32. The number of nitrogens with one attached hydrogen (secondary N) is 1. The number of anilines is 2. The number of β-lactam (4-membered cyclic amide) rings is 1. The summed E-state index contributed by atoms with van der Waals surface area (Å²) in [5.41, 5.74) is 1.80. The van der Waals surface area contributed by atoms with Gasteiger partial charge in [-0.1, -0.05) is 37.3 Å². The predicted octanol–water partition coefficient (Wildman–Crippen LogP) is 2.77. The van der Waals surface area contributed by atoms with Gasteiger partial charge in [-0.25, -0.2) is 9.78 Å². The van der Waals surface area contributed by atoms with E-state index < -0.39 is 18.0 Å². The summed E-state index contributed by atoms with van der Waals surface area (Å²) in [6.07, 6.45) is 4.37. The van der Waals surface area contributed by atoms with E-state index in [2.05, 4.69) is 15.4 Å². The molecule has 2 aromatic heterocycles. The van der Waals surface area contributed by atoms with Crippen LogP contribution in [0.4, 0.5) is 16.4 Å². The van der Waals surface area contributed by atoms with Gasteiger partial charge in [0.05, 0.1) is 12.0 Å². The molecule has 1 fully saturated rings. The van der Waals surface area contributed by atoms with Gasteiger partial charge in [-0.05, 0) is 36.1 Å². The van der Waals surface area contributed by atoms with Crippen LogP contribution in [-0.4, -0.2) is 64.7 Å². The molecule has 3 aromatic rings. The number of hydrogen-bond acceptors (Lipinski definition) is 6. The minimum absolute atomic E-state index is 0.285. The first-order valence-electron chi connectivity index (χ1n) is 12.3. The van der Waals surface area contributed by atoms with Gasteiger partial charge in [0.1, 0.15) is 11.9 Å². The highest BCUT2D eigenvalue weighted by Crippen LogP contribution is 2.33. The number of urea groups is 1. The lowest BCUT2D eigenvalue weighted by atomic mass is 9.81. The lowest BCUT2D eigenvalue weighted by molar-refractivity contribution is -0.156. The molecule has 1 unspecified atom stereocenters. The maximum absolute atomic E-state index is 13.7. The van der Waals surface area contributed by atoms with Crippen molar-refractivity contribution in [3.05, 3.63) is 72.1 Å². The predicted molar refractivity (Wildman–Crippen MR) is 141 cm³/mol. The average Bonchev–Trinajstić information content (AvgIpc) is 3.34. The van der Waals surface area contributed by atoms with Crippen LogP contribution < -0.4 is 15.1 Å². The monoisotopic (exact) mass is 503 g/mol. The summed E-state index contributed by atoms with van der Waals surface area (Å²) in [6.45, 7) is 1.96. The second-order valence-electron chi connectivity index (χ2n) is 9.45. The maximum Gasteiger partial charge on any atom is 0.325 e. The number of likely N-dealkylation sites (N-methyl/N-ethyl adjacent to an activating group) is 1. The van der Waals surface area contributed by atoms with Crippen LogP contribution in [0.25, 0.3) is 0 Å². The Morgan fingerprint density at radius 1 is 1.08 bits per heavy atom. The molecule has 0 bridgehead atoms. The molecule has 3 heterocycles. The minimum atomic E-state index is -0.955. The second-order valence-corrected chi connectivity index (χ2v) is 9.45. The molecule has 4 rings (SSSR count). The molecule has 10 heteroatoms. The van der Waals surface area contributed by atoms with E-state index >= 15 is 0 Å². The number of hydrogen-bond donors (Lipinski definition) is 1. The number of amides is 4. The van der Waals surface area contributed by atoms with Crippen LogP contribution in [0.5, 0.6) is 0 Å². The number of pyridine rings is 1. The molecule has 4 amide bonds. The first-order valence-corrected chi connectivity index (χ1v) is 12.3. The van der Waals surface area contributed by atoms with E-state index in [1.54, 1.807) is 37.2 Å². The van der Waals surface area contributed by atoms with Gasteiger partial charge in [-0.15, -0.1) is 0 Å². The molecular weight excluding hydrogens is 470 g/mol. The molecular formula is C27H33N7O3. The quantitative estimate of drug-likeness (QED) is 0.474. The van der Waals surface area contributed by atoms with Crippen LogP contribution in [-0.2, 0) is 23.1 Å². The standard InChI is InChI=1S/C27H33N7O3/c1-6-21(19-10-8-7-9-11-19)29-27(37)34-24(26(36)33(5)22-13-15-32(4)30-22)20(25(34)35)16-18-12-14-28-23(17-18)31(2)3/h7-15,17,20-21,24H,6,16H2,1-5H3,(H,29,37)/t20-,21?,24+/m1/s1. The van der Waals surface area contributed by atoms with Crippen molar-refractivity contribution < 1.29 is 14.4 Å². The fourth-order valence-electron chi connectivity index (χ4n) is 4.56. The molecule has 0 spiro atoms. The number of carbonyl (C=O) groups excluding carboxylic acids is 3. The molecule has 3 atom stereocenters. The van der Waals surface area contributed by atoms with E-state index in [1.807, 2.05) is 68.4 Å². The van der Waals surface area contributed by atoms with Crippen molar-refractivity contribution in [3.63, 3.8) is 0 Å². The van der Waals surface area contributed by atoms with Crippen LogP contribution >= 0.6 is 0 Å². The molecule has 1 saturated heterocycles. The van der Waals surface area contributed by atoms with E-state index in [0.717, 1.165) is 21.8 Å². The summed E-state index contributed by atoms with van der Waals surface area (Å²) in [7, 11) is 7.14. The van der Waals surface area contributed by atoms with Crippen LogP contribution in [0, 0.1) is 5.92 Å². The van der Waals surface area contributed by atoms with Gasteiger partial charge in [-0.2, -0.15) is 5.10 Å². The molecule has 1 N–H and O–H groups in total. The van der Waals surface area contributed by atoms with E-state index in [4.69, 9.17) is 0 Å². The molecule has 1 aliphatic rings. The number of carbonyl (C=O) groups is 3. The normalized spacial score (nSPS) is 17.6. The first kappa shape index (κ1) is 25.9. The van der Waals surface area contributed by atoms with E-state index in [0.29, 0.717) is 18.7 Å². The lowest BCUT2D eigenvalue weighted by Crippen LogP contribution is -2.70. The van der Waals surface area contributed by atoms with Crippen molar-refractivity contribution in [1.82, 2.24) is 25.0 Å². The van der Waals surface area contributed by atoms with Gasteiger partial charge < -0.3 is 10.2 Å². The van der Waals surface area contributed by atoms with Crippen molar-refractivity contribution in [2.24, 2.45) is 13.0 Å². The van der Waals surface area contributed by atoms with E-state index in [-0.39, 0.29) is 17.9 Å². The van der Waals surface area contributed by atoms with E-state index in [9.17, 15) is 14.4 Å². The van der Waals surface area contributed by atoms with Crippen LogP contribution in [0.2, 0.25) is 0 Å². The SMILES string of the molecule is CCC(NC(=O)N1C(=O)[C@H](Cc2ccnc(N(C)C)c2)[C@H]1C(=O)N(C)c1ccn(C)n1)c1ccccc1. The van der Waals surface area contributed by atoms with Gasteiger partial charge in [0, 0.05) is 46.7 Å². The zero-order valence-corrected chi connectivity index (χ0v) is 21.8. The summed E-state index contributed by atoms with van der Waals surface area (Å²) < 4.78 is 1.60. The number of imide groups is 1. The number of aromatic nitrogens is 3. The topological polar surface area (TPSA) is 104 Å². The Morgan fingerprint density at radius 2 is 1.81 bits per heavy atom. The Hall–Kier alpha value is -4.21. The van der Waals surface area contributed by atoms with Gasteiger partial charge in [0.2, 0.25) is 5.91 Å². The van der Waals surface area contributed by atoms with Gasteiger partial charge in [0.15, 0.2) is 5.82 Å². The average molecular weight is 504 g/mol. The van der Waals surface area contributed by atoms with Crippen LogP contribution in [0.3, 0.4) is 0 Å². The van der Waals surface area contributed by atoms with Crippen molar-refractivity contribution in [3.8, 4) is 0 Å². The fourth-order valence-corrected chi connectivity index (χ4v) is 4.56. The molecule has 0 aliphatic carbocycles. The molecule has 194 valence electrons. The molecule has 37 heavy (non-hydrogen) atoms. The maximum atomic E-state index is 13.7. The molecule has 10 nitrogen and oxygen atoms in total. The summed E-state index contributed by atoms with van der Waals surface area (Å²) in [4.78, 5) is 49.1. The Labute approximate surface area is 216 Å². The van der Waals surface area contributed by atoms with Gasteiger partial charge >= 0.3 is 6.03 Å². The Balaban J connectivity index is 1.60. The fraction of sp³-hybridized carbons (Fsp3) is 0.370. The number of rotatable bonds is 8. The lowest BCUT2D eigenvalue weighted by Gasteiger charge is -2.45. The van der Waals surface area contributed by atoms with E-state index in [1.165, 1.54) is 4.90 Å². The third-order valence-corrected chi connectivity index (χ3v) is 6.69. The minimum Gasteiger partial charge on any atom is -0.363 e. The zero-order valence-electron chi connectivity index (χ0n) is 21.8. The van der Waals surface area contributed by atoms with Crippen molar-refractivity contribution in [2.75, 3.05) is 30.9 Å². The Morgan fingerprint density at radius 3 is 2.43 bits per heavy atom. The Bertz CT molecular complexity index is 1270. The number of benzene rings is 1. The van der Waals surface area contributed by atoms with Gasteiger partial charge in [0.25, 0.3) is 5.91 Å². The summed E-state index contributed by atoms with van der Waals surface area (Å²) >= 11 is 0. The highest BCUT2D eigenvalue weighted by molar-refractivity contribution is 6.12. The molecule has 1 aromatic carbocycles. The van der Waals surface area contributed by atoms with Crippen molar-refractivity contribution in [1.29, 1.82) is 0 Å². The molecule has 1 aliphatic heterocycles. The van der Waals surface area contributed by atoms with Crippen molar-refractivity contribution >= 4 is 29.5 Å². The van der Waals surface area contributed by atoms with Crippen LogP contribution in [0.15, 0.2) is 60.9 Å². The summed E-state index contributed by atoms with van der Waals surface area (Å²) in [6, 6.07) is 13.2. The van der Waals surface area contributed by atoms with Crippen LogP contribution in [0.1, 0.15) is 30.5 Å².